The van der Waals surface area contributed by atoms with Crippen LogP contribution in [-0.2, 0) is 11.0 Å². The highest BCUT2D eigenvalue weighted by atomic mass is 32.2. The van der Waals surface area contributed by atoms with Crippen molar-refractivity contribution in [3.05, 3.63) is 60.9 Å². The van der Waals surface area contributed by atoms with Crippen LogP contribution in [0.4, 0.5) is 5.82 Å². The highest BCUT2D eigenvalue weighted by molar-refractivity contribution is 7.86. The summed E-state index contributed by atoms with van der Waals surface area (Å²) in [6, 6.07) is 14.5. The topological polar surface area (TPSA) is 77.0 Å². The number of nitrogens with zero attached hydrogens (tertiary/aromatic N) is 3. The molecule has 1 unspecified atom stereocenters. The van der Waals surface area contributed by atoms with Crippen LogP contribution >= 0.6 is 0 Å². The molecule has 2 aromatic heterocycles. The molecule has 2 heterocycles. The van der Waals surface area contributed by atoms with Gasteiger partial charge in [-0.3, -0.25) is 9.71 Å². The summed E-state index contributed by atoms with van der Waals surface area (Å²) < 4.78 is 20.5. The molecule has 0 aliphatic carbocycles. The summed E-state index contributed by atoms with van der Waals surface area (Å²) in [6.07, 6.45) is 3.19. The smallest absolute Gasteiger partial charge is 0.184 e. The summed E-state index contributed by atoms with van der Waals surface area (Å²) in [5.74, 6) is 1.19. The lowest BCUT2D eigenvalue weighted by Crippen LogP contribution is -2.09. The first kappa shape index (κ1) is 15.1. The van der Waals surface area contributed by atoms with Crippen molar-refractivity contribution >= 4 is 16.8 Å². The Labute approximate surface area is 136 Å². The first-order valence-corrected chi connectivity index (χ1v) is 7.99. The Morgan fingerprint density at radius 2 is 1.83 bits per heavy atom. The highest BCUT2D eigenvalue weighted by Gasteiger charge is 2.13. The van der Waals surface area contributed by atoms with Gasteiger partial charge in [0.25, 0.3) is 0 Å². The van der Waals surface area contributed by atoms with Gasteiger partial charge >= 0.3 is 0 Å². The summed E-state index contributed by atoms with van der Waals surface area (Å²) in [6.45, 7) is 0. The summed E-state index contributed by atoms with van der Waals surface area (Å²) in [4.78, 5) is 13.5. The normalized spacial score (nSPS) is 11.7. The summed E-state index contributed by atoms with van der Waals surface area (Å²) in [5.41, 5.74) is 0.628. The Kier molecular flexibility index (Phi) is 4.58. The minimum Gasteiger partial charge on any atom is -0.491 e. The lowest BCUT2D eigenvalue weighted by atomic mass is 10.3. The maximum Gasteiger partial charge on any atom is 0.184 e. The molecule has 0 amide bonds. The number of ether oxygens (including phenoxy) is 1. The Balaban J connectivity index is 1.93. The van der Waals surface area contributed by atoms with Gasteiger partial charge < -0.3 is 4.74 Å². The van der Waals surface area contributed by atoms with Gasteiger partial charge in [0.15, 0.2) is 28.4 Å². The second-order valence-corrected chi connectivity index (χ2v) is 5.72. The van der Waals surface area contributed by atoms with Crippen molar-refractivity contribution in [2.75, 3.05) is 11.8 Å². The molecular formula is C16H14N4O2S. The predicted octanol–water partition coefficient (Wildman–Crippen LogP) is 2.68. The molecule has 1 atom stereocenters. The second kappa shape index (κ2) is 6.97. The Bertz CT molecular complexity index is 813. The van der Waals surface area contributed by atoms with Crippen LogP contribution < -0.4 is 9.46 Å². The largest absolute Gasteiger partial charge is 0.491 e. The van der Waals surface area contributed by atoms with Crippen molar-refractivity contribution in [3.63, 3.8) is 0 Å². The van der Waals surface area contributed by atoms with E-state index in [9.17, 15) is 4.21 Å². The number of anilines is 1. The van der Waals surface area contributed by atoms with E-state index in [4.69, 9.17) is 4.74 Å². The molecule has 6 nitrogen and oxygen atoms in total. The van der Waals surface area contributed by atoms with E-state index in [1.807, 2.05) is 30.3 Å². The minimum absolute atomic E-state index is 0.352. The van der Waals surface area contributed by atoms with E-state index >= 15 is 0 Å². The Morgan fingerprint density at radius 1 is 1.04 bits per heavy atom. The number of rotatable bonds is 5. The Morgan fingerprint density at radius 3 is 2.52 bits per heavy atom. The van der Waals surface area contributed by atoms with Crippen LogP contribution in [0, 0.1) is 0 Å². The van der Waals surface area contributed by atoms with Gasteiger partial charge in [0.2, 0.25) is 0 Å². The Hall–Kier alpha value is -2.80. The van der Waals surface area contributed by atoms with Crippen LogP contribution in [0.15, 0.2) is 65.8 Å². The van der Waals surface area contributed by atoms with Crippen LogP contribution in [-0.4, -0.2) is 26.3 Å². The third kappa shape index (κ3) is 3.51. The van der Waals surface area contributed by atoms with Crippen LogP contribution in [0.2, 0.25) is 0 Å². The molecule has 1 aromatic carbocycles. The van der Waals surface area contributed by atoms with Gasteiger partial charge in [0, 0.05) is 6.20 Å². The molecule has 0 aliphatic rings. The summed E-state index contributed by atoms with van der Waals surface area (Å²) in [7, 11) is 0.0581. The van der Waals surface area contributed by atoms with Crippen molar-refractivity contribution in [2.24, 2.45) is 0 Å². The molecule has 3 rings (SSSR count). The fourth-order valence-corrected chi connectivity index (χ4v) is 2.75. The molecule has 23 heavy (non-hydrogen) atoms. The molecule has 0 aliphatic heterocycles. The summed E-state index contributed by atoms with van der Waals surface area (Å²) in [5, 5.41) is 0. The number of hydrogen-bond acceptors (Lipinski definition) is 5. The van der Waals surface area contributed by atoms with E-state index in [0.29, 0.717) is 28.0 Å². The van der Waals surface area contributed by atoms with Gasteiger partial charge in [-0.1, -0.05) is 24.3 Å². The van der Waals surface area contributed by atoms with E-state index in [0.717, 1.165) is 0 Å². The predicted molar refractivity (Wildman–Crippen MR) is 88.3 cm³/mol. The number of aromatic nitrogens is 3. The van der Waals surface area contributed by atoms with Gasteiger partial charge in [-0.2, -0.15) is 0 Å². The average Bonchev–Trinajstić information content (AvgIpc) is 2.63. The lowest BCUT2D eigenvalue weighted by Gasteiger charge is -2.10. The molecule has 0 bridgehead atoms. The first-order chi connectivity index (χ1) is 11.3. The van der Waals surface area contributed by atoms with E-state index in [-0.39, 0.29) is 0 Å². The zero-order chi connectivity index (χ0) is 16.1. The third-order valence-electron chi connectivity index (χ3n) is 3.02. The number of nitrogens with one attached hydrogen (secondary N) is 1. The lowest BCUT2D eigenvalue weighted by molar-refractivity contribution is 0.413. The van der Waals surface area contributed by atoms with Crippen LogP contribution in [0.5, 0.6) is 5.75 Å². The number of benzene rings is 1. The molecule has 7 heteroatoms. The molecule has 1 N–H and O–H groups in total. The quantitative estimate of drug-likeness (QED) is 0.780. The van der Waals surface area contributed by atoms with Crippen molar-refractivity contribution in [3.8, 4) is 17.3 Å². The molecule has 0 radical (unpaired) electrons. The van der Waals surface area contributed by atoms with Crippen molar-refractivity contribution < 1.29 is 8.95 Å². The standard InChI is InChI=1S/C16H14N4O2S/c1-22-14-11-18-15(13-9-5-6-10-17-13)19-16(14)20-23(21)12-7-3-2-4-8-12/h2-11H,1H3,(H,18,19,20). The third-order valence-corrected chi connectivity index (χ3v) is 4.09. The average molecular weight is 326 g/mol. The number of methoxy groups -OCH3 is 1. The second-order valence-electron chi connectivity index (χ2n) is 4.51. The molecule has 0 fully saturated rings. The zero-order valence-corrected chi connectivity index (χ0v) is 13.2. The number of pyridine rings is 1. The fraction of sp³-hybridized carbons (Fsp3) is 0.0625. The molecule has 0 saturated heterocycles. The molecular weight excluding hydrogens is 312 g/mol. The van der Waals surface area contributed by atoms with Gasteiger partial charge in [-0.05, 0) is 24.3 Å². The van der Waals surface area contributed by atoms with Crippen LogP contribution in [0.1, 0.15) is 0 Å². The fourth-order valence-electron chi connectivity index (χ4n) is 1.90. The van der Waals surface area contributed by atoms with Gasteiger partial charge in [-0.15, -0.1) is 0 Å². The van der Waals surface area contributed by atoms with E-state index in [1.165, 1.54) is 13.3 Å². The van der Waals surface area contributed by atoms with Gasteiger partial charge in [0.1, 0.15) is 5.69 Å². The highest BCUT2D eigenvalue weighted by Crippen LogP contribution is 2.25. The molecule has 0 saturated carbocycles. The van der Waals surface area contributed by atoms with Crippen LogP contribution in [0.25, 0.3) is 11.5 Å². The van der Waals surface area contributed by atoms with Crippen molar-refractivity contribution in [1.82, 2.24) is 15.0 Å². The van der Waals surface area contributed by atoms with E-state index in [1.54, 1.807) is 24.4 Å². The van der Waals surface area contributed by atoms with E-state index in [2.05, 4.69) is 19.7 Å². The molecule has 0 spiro atoms. The minimum atomic E-state index is -1.45. The number of hydrogen-bond donors (Lipinski definition) is 1. The first-order valence-electron chi connectivity index (χ1n) is 6.84. The molecule has 3 aromatic rings. The van der Waals surface area contributed by atoms with E-state index < -0.39 is 11.0 Å². The monoisotopic (exact) mass is 326 g/mol. The summed E-state index contributed by atoms with van der Waals surface area (Å²) >= 11 is 0. The maximum absolute atomic E-state index is 12.4. The SMILES string of the molecule is COc1cnc(-c2ccccn2)nc1NS(=O)c1ccccc1. The van der Waals surface area contributed by atoms with Crippen LogP contribution in [0.3, 0.4) is 0 Å². The van der Waals surface area contributed by atoms with Gasteiger partial charge in [0.05, 0.1) is 18.2 Å². The zero-order valence-electron chi connectivity index (χ0n) is 12.3. The van der Waals surface area contributed by atoms with Gasteiger partial charge in [-0.25, -0.2) is 14.2 Å². The van der Waals surface area contributed by atoms with Crippen molar-refractivity contribution in [1.29, 1.82) is 0 Å². The van der Waals surface area contributed by atoms with Crippen molar-refractivity contribution in [2.45, 2.75) is 4.90 Å². The maximum atomic E-state index is 12.4. The molecule has 116 valence electrons.